The van der Waals surface area contributed by atoms with Gasteiger partial charge in [0.2, 0.25) is 0 Å². The zero-order valence-corrected chi connectivity index (χ0v) is 14.5. The van der Waals surface area contributed by atoms with Crippen molar-refractivity contribution in [2.24, 2.45) is 0 Å². The molecule has 0 bridgehead atoms. The number of fused-ring (bicyclic) bond motifs is 1. The van der Waals surface area contributed by atoms with Gasteiger partial charge in [0, 0.05) is 30.6 Å². The lowest BCUT2D eigenvalue weighted by Gasteiger charge is -2.22. The highest BCUT2D eigenvalue weighted by Crippen LogP contribution is 2.30. The molecular formula is C20H20N4O2. The Bertz CT molecular complexity index is 957. The lowest BCUT2D eigenvalue weighted by atomic mass is 10.1. The summed E-state index contributed by atoms with van der Waals surface area (Å²) in [6.45, 7) is 0.513. The summed E-state index contributed by atoms with van der Waals surface area (Å²) in [6, 6.07) is 15.3. The molecule has 0 radical (unpaired) electrons. The van der Waals surface area contributed by atoms with Crippen molar-refractivity contribution < 1.29 is 9.59 Å². The van der Waals surface area contributed by atoms with E-state index >= 15 is 0 Å². The molecule has 1 fully saturated rings. The van der Waals surface area contributed by atoms with Gasteiger partial charge in [-0.2, -0.15) is 5.10 Å². The number of aromatic amines is 1. The van der Waals surface area contributed by atoms with E-state index < -0.39 is 0 Å². The van der Waals surface area contributed by atoms with Crippen molar-refractivity contribution in [3.8, 4) is 0 Å². The summed E-state index contributed by atoms with van der Waals surface area (Å²) in [5.41, 5.74) is 2.94. The van der Waals surface area contributed by atoms with E-state index in [1.165, 1.54) is 0 Å². The summed E-state index contributed by atoms with van der Waals surface area (Å²) in [6.07, 6.45) is 2.04. The Morgan fingerprint density at radius 1 is 1.15 bits per heavy atom. The molecule has 0 spiro atoms. The molecule has 4 rings (SSSR count). The standard InChI is InChI=1S/C20H20N4O2/c1-21-19(25)14-8-6-13(7-9-14)12-24(15-10-11-15)20(26)18-16-4-2-3-5-17(16)22-23-18/h2-9,15H,10-12H2,1H3,(H,21,25)(H,22,23). The molecule has 0 unspecified atom stereocenters. The number of amides is 2. The SMILES string of the molecule is CNC(=O)c1ccc(CN(C(=O)c2n[nH]c3ccccc23)C2CC2)cc1. The summed E-state index contributed by atoms with van der Waals surface area (Å²) < 4.78 is 0. The summed E-state index contributed by atoms with van der Waals surface area (Å²) >= 11 is 0. The third-order valence-corrected chi connectivity index (χ3v) is 4.72. The molecule has 3 aromatic rings. The summed E-state index contributed by atoms with van der Waals surface area (Å²) in [5, 5.41) is 10.6. The van der Waals surface area contributed by atoms with Crippen molar-refractivity contribution in [1.82, 2.24) is 20.4 Å². The van der Waals surface area contributed by atoms with Crippen LogP contribution < -0.4 is 5.32 Å². The molecule has 0 aliphatic heterocycles. The van der Waals surface area contributed by atoms with Crippen LogP contribution in [-0.2, 0) is 6.54 Å². The molecule has 0 atom stereocenters. The molecule has 6 heteroatoms. The van der Waals surface area contributed by atoms with E-state index in [2.05, 4.69) is 15.5 Å². The maximum Gasteiger partial charge on any atom is 0.275 e. The van der Waals surface area contributed by atoms with Crippen LogP contribution in [0.25, 0.3) is 10.9 Å². The molecular weight excluding hydrogens is 328 g/mol. The average molecular weight is 348 g/mol. The molecule has 1 aliphatic rings. The molecule has 6 nitrogen and oxygen atoms in total. The van der Waals surface area contributed by atoms with E-state index in [0.29, 0.717) is 17.8 Å². The number of H-pyrrole nitrogens is 1. The Morgan fingerprint density at radius 2 is 1.88 bits per heavy atom. The highest BCUT2D eigenvalue weighted by atomic mass is 16.2. The van der Waals surface area contributed by atoms with Crippen molar-refractivity contribution in [3.63, 3.8) is 0 Å². The summed E-state index contributed by atoms with van der Waals surface area (Å²) in [7, 11) is 1.61. The van der Waals surface area contributed by atoms with E-state index in [1.54, 1.807) is 19.2 Å². The van der Waals surface area contributed by atoms with E-state index in [0.717, 1.165) is 29.3 Å². The number of benzene rings is 2. The van der Waals surface area contributed by atoms with Gasteiger partial charge in [0.05, 0.1) is 5.52 Å². The molecule has 1 saturated carbocycles. The van der Waals surface area contributed by atoms with E-state index in [4.69, 9.17) is 0 Å². The molecule has 2 amide bonds. The molecule has 132 valence electrons. The first kappa shape index (κ1) is 16.3. The van der Waals surface area contributed by atoms with Crippen molar-refractivity contribution in [2.45, 2.75) is 25.4 Å². The van der Waals surface area contributed by atoms with Crippen LogP contribution in [0.15, 0.2) is 48.5 Å². The number of carbonyl (C=O) groups is 2. The maximum atomic E-state index is 13.1. The summed E-state index contributed by atoms with van der Waals surface area (Å²) in [5.74, 6) is -0.171. The van der Waals surface area contributed by atoms with Crippen LogP contribution in [-0.4, -0.2) is 40.0 Å². The van der Waals surface area contributed by atoms with Gasteiger partial charge < -0.3 is 10.2 Å². The minimum absolute atomic E-state index is 0.0553. The molecule has 1 heterocycles. The fourth-order valence-electron chi connectivity index (χ4n) is 3.12. The molecule has 1 aliphatic carbocycles. The maximum absolute atomic E-state index is 13.1. The second kappa shape index (κ2) is 6.63. The van der Waals surface area contributed by atoms with Gasteiger partial charge >= 0.3 is 0 Å². The number of nitrogens with zero attached hydrogens (tertiary/aromatic N) is 2. The number of carbonyl (C=O) groups excluding carboxylic acids is 2. The highest BCUT2D eigenvalue weighted by molar-refractivity contribution is 6.04. The number of aromatic nitrogens is 2. The smallest absolute Gasteiger partial charge is 0.275 e. The third-order valence-electron chi connectivity index (χ3n) is 4.72. The topological polar surface area (TPSA) is 78.1 Å². The Hall–Kier alpha value is -3.15. The minimum Gasteiger partial charge on any atom is -0.355 e. The van der Waals surface area contributed by atoms with E-state index in [1.807, 2.05) is 41.3 Å². The quantitative estimate of drug-likeness (QED) is 0.744. The van der Waals surface area contributed by atoms with Gasteiger partial charge in [-0.3, -0.25) is 14.7 Å². The van der Waals surface area contributed by atoms with Gasteiger partial charge in [-0.15, -0.1) is 0 Å². The van der Waals surface area contributed by atoms with E-state index in [9.17, 15) is 9.59 Å². The molecule has 26 heavy (non-hydrogen) atoms. The van der Waals surface area contributed by atoms with Gasteiger partial charge in [-0.25, -0.2) is 0 Å². The van der Waals surface area contributed by atoms with Gasteiger partial charge in [0.1, 0.15) is 0 Å². The van der Waals surface area contributed by atoms with E-state index in [-0.39, 0.29) is 17.9 Å². The normalized spacial score (nSPS) is 13.6. The predicted octanol–water partition coefficient (Wildman–Crippen LogP) is 2.73. The van der Waals surface area contributed by atoms with Crippen LogP contribution in [0.4, 0.5) is 0 Å². The van der Waals surface area contributed by atoms with Crippen LogP contribution in [0.1, 0.15) is 39.3 Å². The van der Waals surface area contributed by atoms with Crippen LogP contribution in [0.3, 0.4) is 0 Å². The third kappa shape index (κ3) is 3.06. The van der Waals surface area contributed by atoms with Crippen molar-refractivity contribution in [1.29, 1.82) is 0 Å². The number of nitrogens with one attached hydrogen (secondary N) is 2. The predicted molar refractivity (Wildman–Crippen MR) is 98.8 cm³/mol. The lowest BCUT2D eigenvalue weighted by Crippen LogP contribution is -2.33. The minimum atomic E-state index is -0.116. The molecule has 2 N–H and O–H groups in total. The zero-order valence-electron chi connectivity index (χ0n) is 14.5. The number of hydrogen-bond donors (Lipinski definition) is 2. The van der Waals surface area contributed by atoms with Crippen molar-refractivity contribution in [2.75, 3.05) is 7.05 Å². The first-order chi connectivity index (χ1) is 12.7. The highest BCUT2D eigenvalue weighted by Gasteiger charge is 2.34. The Kier molecular flexibility index (Phi) is 4.16. The Labute approximate surface area is 151 Å². The monoisotopic (exact) mass is 348 g/mol. The lowest BCUT2D eigenvalue weighted by molar-refractivity contribution is 0.0725. The second-order valence-electron chi connectivity index (χ2n) is 6.56. The second-order valence-corrected chi connectivity index (χ2v) is 6.56. The Balaban J connectivity index is 1.58. The van der Waals surface area contributed by atoms with Crippen LogP contribution in [0, 0.1) is 0 Å². The van der Waals surface area contributed by atoms with Gasteiger partial charge in [-0.05, 0) is 36.6 Å². The van der Waals surface area contributed by atoms with Crippen LogP contribution in [0.5, 0.6) is 0 Å². The largest absolute Gasteiger partial charge is 0.355 e. The number of para-hydroxylation sites is 1. The van der Waals surface area contributed by atoms with Gasteiger partial charge in [-0.1, -0.05) is 30.3 Å². The molecule has 2 aromatic carbocycles. The van der Waals surface area contributed by atoms with Crippen molar-refractivity contribution in [3.05, 3.63) is 65.4 Å². The van der Waals surface area contributed by atoms with Crippen molar-refractivity contribution >= 4 is 22.7 Å². The average Bonchev–Trinajstić information content (AvgIpc) is 3.43. The Morgan fingerprint density at radius 3 is 2.58 bits per heavy atom. The fourth-order valence-corrected chi connectivity index (χ4v) is 3.12. The van der Waals surface area contributed by atoms with Gasteiger partial charge in [0.15, 0.2) is 5.69 Å². The fraction of sp³-hybridized carbons (Fsp3) is 0.250. The molecule has 1 aromatic heterocycles. The number of rotatable bonds is 5. The molecule has 0 saturated heterocycles. The first-order valence-electron chi connectivity index (χ1n) is 8.72. The van der Waals surface area contributed by atoms with Crippen LogP contribution >= 0.6 is 0 Å². The van der Waals surface area contributed by atoms with Crippen LogP contribution in [0.2, 0.25) is 0 Å². The van der Waals surface area contributed by atoms with Gasteiger partial charge in [0.25, 0.3) is 11.8 Å². The number of hydrogen-bond acceptors (Lipinski definition) is 3. The summed E-state index contributed by atoms with van der Waals surface area (Å²) in [4.78, 5) is 26.7. The first-order valence-corrected chi connectivity index (χ1v) is 8.72. The zero-order chi connectivity index (χ0) is 18.1.